The molecule has 0 saturated carbocycles. The van der Waals surface area contributed by atoms with Gasteiger partial charge in [0.1, 0.15) is 0 Å². The van der Waals surface area contributed by atoms with Gasteiger partial charge in [-0.1, -0.05) is 96.8 Å². The fourth-order valence-electron chi connectivity index (χ4n) is 2.97. The minimum atomic E-state index is -2.92. The van der Waals surface area contributed by atoms with E-state index in [0.29, 0.717) is 5.75 Å². The summed E-state index contributed by atoms with van der Waals surface area (Å²) in [6.45, 7) is 7.67. The second-order valence-corrected chi connectivity index (χ2v) is 11.2. The van der Waals surface area contributed by atoms with Crippen molar-refractivity contribution in [2.24, 2.45) is 0 Å². The topological polar surface area (TPSA) is 34.1 Å². The highest BCUT2D eigenvalue weighted by Gasteiger charge is 2.27. The van der Waals surface area contributed by atoms with Crippen molar-refractivity contribution in [3.63, 3.8) is 0 Å². The summed E-state index contributed by atoms with van der Waals surface area (Å²) in [5.41, 5.74) is 0. The zero-order valence-electron chi connectivity index (χ0n) is 17.0. The van der Waals surface area contributed by atoms with Gasteiger partial charge in [0.2, 0.25) is 0 Å². The lowest BCUT2D eigenvalue weighted by atomic mass is 10.0. The average molecular weight is 361 g/mol. The molecule has 2 nitrogen and oxygen atoms in total. The van der Waals surface area contributed by atoms with Gasteiger partial charge >= 0.3 is 0 Å². The number of unbranched alkanes of at least 4 members (excludes halogenated alkanes) is 14. The molecule has 0 amide bonds. The summed E-state index contributed by atoms with van der Waals surface area (Å²) in [5, 5.41) is 0. The Morgan fingerprint density at radius 2 is 0.833 bits per heavy atom. The van der Waals surface area contributed by atoms with E-state index < -0.39 is 14.6 Å². The Labute approximate surface area is 153 Å². The highest BCUT2D eigenvalue weighted by atomic mass is 32.2. The maximum Gasteiger partial charge on any atom is 0.155 e. The zero-order valence-corrected chi connectivity index (χ0v) is 17.9. The van der Waals surface area contributed by atoms with Gasteiger partial charge in [0, 0.05) is 0 Å². The lowest BCUT2D eigenvalue weighted by Crippen LogP contribution is -2.30. The monoisotopic (exact) mass is 360 g/mol. The third-order valence-electron chi connectivity index (χ3n) is 4.95. The van der Waals surface area contributed by atoms with E-state index in [-0.39, 0.29) is 0 Å². The molecule has 0 aliphatic carbocycles. The lowest BCUT2D eigenvalue weighted by molar-refractivity contribution is 0.531. The molecule has 0 spiro atoms. The van der Waals surface area contributed by atoms with Gasteiger partial charge in [-0.05, 0) is 27.2 Å². The van der Waals surface area contributed by atoms with Crippen molar-refractivity contribution in [1.82, 2.24) is 0 Å². The molecule has 0 radical (unpaired) electrons. The minimum absolute atomic E-state index is 0.356. The summed E-state index contributed by atoms with van der Waals surface area (Å²) in [6.07, 6.45) is 19.7. The Hall–Kier alpha value is -0.0500. The van der Waals surface area contributed by atoms with Gasteiger partial charge in [-0.15, -0.1) is 0 Å². The highest BCUT2D eigenvalue weighted by molar-refractivity contribution is 7.92. The van der Waals surface area contributed by atoms with Crippen LogP contribution in [0, 0.1) is 0 Å². The minimum Gasteiger partial charge on any atom is -0.228 e. The molecular formula is C21H44O2S. The van der Waals surface area contributed by atoms with E-state index in [1.54, 1.807) is 20.8 Å². The van der Waals surface area contributed by atoms with Crippen molar-refractivity contribution >= 4 is 9.84 Å². The predicted octanol–water partition coefficient (Wildman–Crippen LogP) is 7.07. The summed E-state index contributed by atoms with van der Waals surface area (Å²) in [5.74, 6) is 0.356. The standard InChI is InChI=1S/C21H44O2S/c1-5-6-7-8-9-10-11-12-13-14-15-16-17-18-19-20-24(22,23)21(2,3)4/h5-20H2,1-4H3. The molecular weight excluding hydrogens is 316 g/mol. The van der Waals surface area contributed by atoms with Crippen LogP contribution in [0.2, 0.25) is 0 Å². The van der Waals surface area contributed by atoms with Crippen LogP contribution in [-0.4, -0.2) is 18.9 Å². The predicted molar refractivity (Wildman–Crippen MR) is 108 cm³/mol. The van der Waals surface area contributed by atoms with Gasteiger partial charge in [0.05, 0.1) is 10.5 Å². The maximum absolute atomic E-state index is 12.0. The summed E-state index contributed by atoms with van der Waals surface area (Å²) in [4.78, 5) is 0. The van der Waals surface area contributed by atoms with Crippen molar-refractivity contribution in [2.45, 2.75) is 129 Å². The first-order valence-electron chi connectivity index (χ1n) is 10.5. The van der Waals surface area contributed by atoms with Crippen LogP contribution in [0.5, 0.6) is 0 Å². The van der Waals surface area contributed by atoms with Gasteiger partial charge in [0.25, 0.3) is 0 Å². The Balaban J connectivity index is 3.27. The van der Waals surface area contributed by atoms with Crippen LogP contribution in [0.15, 0.2) is 0 Å². The maximum atomic E-state index is 12.0. The Bertz CT molecular complexity index is 366. The van der Waals surface area contributed by atoms with Gasteiger partial charge in [0.15, 0.2) is 9.84 Å². The SMILES string of the molecule is CCCCCCCCCCCCCCCCCS(=O)(=O)C(C)(C)C. The van der Waals surface area contributed by atoms with Crippen molar-refractivity contribution in [3.05, 3.63) is 0 Å². The molecule has 0 unspecified atom stereocenters. The molecule has 0 N–H and O–H groups in total. The van der Waals surface area contributed by atoms with E-state index in [4.69, 9.17) is 0 Å². The molecule has 0 aromatic carbocycles. The van der Waals surface area contributed by atoms with E-state index in [1.807, 2.05) is 0 Å². The molecule has 24 heavy (non-hydrogen) atoms. The molecule has 0 atom stereocenters. The molecule has 0 heterocycles. The van der Waals surface area contributed by atoms with Gasteiger partial charge in [-0.2, -0.15) is 0 Å². The second-order valence-electron chi connectivity index (χ2n) is 8.38. The Kier molecular flexibility index (Phi) is 14.1. The number of sulfone groups is 1. The first kappa shape index (κ1) is 23.9. The van der Waals surface area contributed by atoms with E-state index in [2.05, 4.69) is 6.92 Å². The van der Waals surface area contributed by atoms with Crippen LogP contribution in [0.1, 0.15) is 124 Å². The van der Waals surface area contributed by atoms with E-state index in [0.717, 1.165) is 12.8 Å². The van der Waals surface area contributed by atoms with Gasteiger partial charge in [-0.25, -0.2) is 8.42 Å². The normalized spacial score (nSPS) is 12.7. The van der Waals surface area contributed by atoms with E-state index >= 15 is 0 Å². The Morgan fingerprint density at radius 1 is 0.542 bits per heavy atom. The fraction of sp³-hybridized carbons (Fsp3) is 1.00. The molecule has 3 heteroatoms. The quantitative estimate of drug-likeness (QED) is 0.276. The number of rotatable bonds is 16. The van der Waals surface area contributed by atoms with Gasteiger partial charge < -0.3 is 0 Å². The Morgan fingerprint density at radius 3 is 1.12 bits per heavy atom. The molecule has 0 fully saturated rings. The van der Waals surface area contributed by atoms with Crippen LogP contribution in [0.3, 0.4) is 0 Å². The van der Waals surface area contributed by atoms with E-state index in [1.165, 1.54) is 83.5 Å². The average Bonchev–Trinajstić information content (AvgIpc) is 2.50. The third kappa shape index (κ3) is 13.3. The molecule has 0 rings (SSSR count). The van der Waals surface area contributed by atoms with Crippen molar-refractivity contribution in [1.29, 1.82) is 0 Å². The van der Waals surface area contributed by atoms with Crippen molar-refractivity contribution in [2.75, 3.05) is 5.75 Å². The van der Waals surface area contributed by atoms with Crippen LogP contribution in [-0.2, 0) is 9.84 Å². The number of hydrogen-bond acceptors (Lipinski definition) is 2. The van der Waals surface area contributed by atoms with Crippen LogP contribution < -0.4 is 0 Å². The molecule has 0 aliphatic heterocycles. The zero-order chi connectivity index (χ0) is 18.3. The second kappa shape index (κ2) is 14.2. The molecule has 0 aromatic heterocycles. The first-order chi connectivity index (χ1) is 11.3. The smallest absolute Gasteiger partial charge is 0.155 e. The molecule has 0 aliphatic rings. The summed E-state index contributed by atoms with van der Waals surface area (Å²) >= 11 is 0. The van der Waals surface area contributed by atoms with Crippen LogP contribution in [0.25, 0.3) is 0 Å². The van der Waals surface area contributed by atoms with Crippen molar-refractivity contribution < 1.29 is 8.42 Å². The molecule has 146 valence electrons. The van der Waals surface area contributed by atoms with Crippen molar-refractivity contribution in [3.8, 4) is 0 Å². The third-order valence-corrected chi connectivity index (χ3v) is 7.64. The summed E-state index contributed by atoms with van der Waals surface area (Å²) in [6, 6.07) is 0. The summed E-state index contributed by atoms with van der Waals surface area (Å²) < 4.78 is 23.4. The molecule has 0 saturated heterocycles. The largest absolute Gasteiger partial charge is 0.228 e. The fourth-order valence-corrected chi connectivity index (χ4v) is 4.17. The van der Waals surface area contributed by atoms with Crippen LogP contribution >= 0.6 is 0 Å². The first-order valence-corrected chi connectivity index (χ1v) is 12.2. The lowest BCUT2D eigenvalue weighted by Gasteiger charge is -2.18. The van der Waals surface area contributed by atoms with Crippen LogP contribution in [0.4, 0.5) is 0 Å². The summed E-state index contributed by atoms with van der Waals surface area (Å²) in [7, 11) is -2.92. The molecule has 0 bridgehead atoms. The highest BCUT2D eigenvalue weighted by Crippen LogP contribution is 2.18. The van der Waals surface area contributed by atoms with E-state index in [9.17, 15) is 8.42 Å². The number of hydrogen-bond donors (Lipinski definition) is 0. The molecule has 0 aromatic rings. The van der Waals surface area contributed by atoms with Gasteiger partial charge in [-0.3, -0.25) is 0 Å².